The molecular formula is C62H44BN3S. The van der Waals surface area contributed by atoms with E-state index in [1.54, 1.807) is 0 Å². The van der Waals surface area contributed by atoms with Crippen LogP contribution in [0.3, 0.4) is 0 Å². The standard InChI is InChI=1S/C62H44BN3S/c1-62(2,3)42-30-32-53(49(36-42)39-18-7-4-8-19-39)65-54-33-31-45(64(43-22-9-5-10-23-43)44-24-11-6-12-25-44)37-52(54)63-59-51(38-57-58(61(59)65)48-26-15-16-29-56(48)67-57)47-28-17-27-46-50-34-40-20-13-14-21-41(40)35-55(50)66(63)60(46)47/h4-38H,1-3H3. The third kappa shape index (κ3) is 5.65. The third-order valence-corrected chi connectivity index (χ3v) is 15.6. The van der Waals surface area contributed by atoms with Gasteiger partial charge < -0.3 is 14.3 Å². The molecule has 67 heavy (non-hydrogen) atoms. The Morgan fingerprint density at radius 1 is 0.478 bits per heavy atom. The molecule has 14 rings (SSSR count). The number of anilines is 6. The Morgan fingerprint density at radius 2 is 1.13 bits per heavy atom. The van der Waals surface area contributed by atoms with Crippen LogP contribution in [-0.4, -0.2) is 11.3 Å². The molecule has 3 nitrogen and oxygen atoms in total. The first-order valence-electron chi connectivity index (χ1n) is 23.4. The first-order chi connectivity index (χ1) is 32.9. The molecule has 4 heterocycles. The van der Waals surface area contributed by atoms with Crippen LogP contribution in [0.15, 0.2) is 212 Å². The van der Waals surface area contributed by atoms with Gasteiger partial charge in [-0.3, -0.25) is 0 Å². The summed E-state index contributed by atoms with van der Waals surface area (Å²) in [6.07, 6.45) is 0. The highest BCUT2D eigenvalue weighted by molar-refractivity contribution is 7.26. The van der Waals surface area contributed by atoms with E-state index in [-0.39, 0.29) is 12.3 Å². The van der Waals surface area contributed by atoms with E-state index in [1.807, 2.05) is 11.3 Å². The van der Waals surface area contributed by atoms with Crippen molar-refractivity contribution in [1.29, 1.82) is 0 Å². The van der Waals surface area contributed by atoms with Crippen LogP contribution >= 0.6 is 11.3 Å². The van der Waals surface area contributed by atoms with Crippen LogP contribution < -0.4 is 20.7 Å². The van der Waals surface area contributed by atoms with Crippen LogP contribution in [0.25, 0.3) is 75.0 Å². The normalized spacial score (nSPS) is 12.9. The predicted octanol–water partition coefficient (Wildman–Crippen LogP) is 16.2. The van der Waals surface area contributed by atoms with Gasteiger partial charge in [-0.15, -0.1) is 11.3 Å². The van der Waals surface area contributed by atoms with Gasteiger partial charge in [-0.1, -0.05) is 154 Å². The Labute approximate surface area is 394 Å². The zero-order chi connectivity index (χ0) is 44.5. The summed E-state index contributed by atoms with van der Waals surface area (Å²) in [5, 5.41) is 7.69. The summed E-state index contributed by atoms with van der Waals surface area (Å²) >= 11 is 1.91. The second kappa shape index (κ2) is 14.3. The summed E-state index contributed by atoms with van der Waals surface area (Å²) in [5.74, 6) is 0. The number of hydrogen-bond acceptors (Lipinski definition) is 3. The Bertz CT molecular complexity index is 3940. The third-order valence-electron chi connectivity index (χ3n) is 14.4. The quantitative estimate of drug-likeness (QED) is 0.160. The van der Waals surface area contributed by atoms with Crippen molar-refractivity contribution in [3.63, 3.8) is 0 Å². The summed E-state index contributed by atoms with van der Waals surface area (Å²) in [7, 11) is 0. The molecule has 316 valence electrons. The number of para-hydroxylation sites is 3. The van der Waals surface area contributed by atoms with E-state index in [0.29, 0.717) is 0 Å². The fourth-order valence-electron chi connectivity index (χ4n) is 11.4. The highest BCUT2D eigenvalue weighted by Gasteiger charge is 2.45. The molecule has 0 spiro atoms. The van der Waals surface area contributed by atoms with Gasteiger partial charge in [-0.25, -0.2) is 0 Å². The first-order valence-corrected chi connectivity index (χ1v) is 24.2. The number of hydrogen-bond donors (Lipinski definition) is 0. The molecule has 0 saturated carbocycles. The van der Waals surface area contributed by atoms with Gasteiger partial charge >= 0.3 is 6.85 Å². The molecule has 0 amide bonds. The maximum Gasteiger partial charge on any atom is 0.333 e. The largest absolute Gasteiger partial charge is 0.375 e. The van der Waals surface area contributed by atoms with Gasteiger partial charge in [0.2, 0.25) is 0 Å². The van der Waals surface area contributed by atoms with Crippen LogP contribution in [-0.2, 0) is 5.41 Å². The smallest absolute Gasteiger partial charge is 0.333 e. The monoisotopic (exact) mass is 873 g/mol. The van der Waals surface area contributed by atoms with E-state index in [4.69, 9.17) is 0 Å². The van der Waals surface area contributed by atoms with Crippen molar-refractivity contribution in [2.45, 2.75) is 26.2 Å². The Balaban J connectivity index is 1.17. The number of nitrogens with zero attached hydrogens (tertiary/aromatic N) is 3. The Kier molecular flexibility index (Phi) is 8.21. The SMILES string of the molecule is CC(C)(C)c1ccc(N2c3ccc(N(c4ccccc4)c4ccccc4)cc3B3c4c(cc5sc6ccccc6c5c42)-c2cccc4c5cc6ccccc6cc5n3c24)c(-c2ccccc2)c1. The topological polar surface area (TPSA) is 11.4 Å². The second-order valence-electron chi connectivity index (χ2n) is 19.3. The lowest BCUT2D eigenvalue weighted by atomic mass is 9.45. The van der Waals surface area contributed by atoms with Gasteiger partial charge in [0.25, 0.3) is 0 Å². The Morgan fingerprint density at radius 3 is 1.88 bits per heavy atom. The summed E-state index contributed by atoms with van der Waals surface area (Å²) < 4.78 is 5.32. The summed E-state index contributed by atoms with van der Waals surface area (Å²) in [5.41, 5.74) is 18.4. The summed E-state index contributed by atoms with van der Waals surface area (Å²) in [4.78, 5) is 5.07. The molecule has 0 N–H and O–H groups in total. The van der Waals surface area contributed by atoms with Crippen molar-refractivity contribution in [2.24, 2.45) is 0 Å². The van der Waals surface area contributed by atoms with Crippen LogP contribution in [0.1, 0.15) is 26.3 Å². The first kappa shape index (κ1) is 38.4. The average Bonchev–Trinajstić information content (AvgIpc) is 3.90. The van der Waals surface area contributed by atoms with E-state index in [1.165, 1.54) is 109 Å². The van der Waals surface area contributed by atoms with Crippen LogP contribution in [0.5, 0.6) is 0 Å². The minimum absolute atomic E-state index is 0.0440. The lowest BCUT2D eigenvalue weighted by molar-refractivity contribution is 0.590. The molecule has 0 aliphatic carbocycles. The Hall–Kier alpha value is -7.86. The molecule has 5 heteroatoms. The lowest BCUT2D eigenvalue weighted by Gasteiger charge is -2.42. The molecule has 2 aliphatic heterocycles. The lowest BCUT2D eigenvalue weighted by Crippen LogP contribution is -2.56. The number of aromatic nitrogens is 1. The number of rotatable bonds is 5. The molecule has 0 bridgehead atoms. The molecule has 0 atom stereocenters. The van der Waals surface area contributed by atoms with Crippen LogP contribution in [0.4, 0.5) is 34.1 Å². The number of thiophene rings is 1. The molecule has 2 aromatic heterocycles. The van der Waals surface area contributed by atoms with E-state index < -0.39 is 0 Å². The molecule has 0 unspecified atom stereocenters. The zero-order valence-corrected chi connectivity index (χ0v) is 38.4. The maximum atomic E-state index is 2.72. The van der Waals surface area contributed by atoms with E-state index in [9.17, 15) is 0 Å². The van der Waals surface area contributed by atoms with Gasteiger partial charge in [0, 0.05) is 75.9 Å². The van der Waals surface area contributed by atoms with Crippen molar-refractivity contribution < 1.29 is 0 Å². The van der Waals surface area contributed by atoms with Crippen LogP contribution in [0, 0.1) is 0 Å². The number of fused-ring (bicyclic) bond motifs is 12. The molecule has 2 aliphatic rings. The average molecular weight is 874 g/mol. The van der Waals surface area contributed by atoms with Crippen LogP contribution in [0.2, 0.25) is 0 Å². The maximum absolute atomic E-state index is 2.72. The fourth-order valence-corrected chi connectivity index (χ4v) is 12.6. The second-order valence-corrected chi connectivity index (χ2v) is 20.4. The van der Waals surface area contributed by atoms with Gasteiger partial charge in [0.1, 0.15) is 0 Å². The minimum Gasteiger partial charge on any atom is -0.375 e. The van der Waals surface area contributed by atoms with Crippen molar-refractivity contribution in [1.82, 2.24) is 4.48 Å². The molecule has 12 aromatic rings. The van der Waals surface area contributed by atoms with Crippen molar-refractivity contribution in [3.8, 4) is 22.3 Å². The summed E-state index contributed by atoms with van der Waals surface area (Å²) in [6.45, 7) is 6.82. The van der Waals surface area contributed by atoms with E-state index in [2.05, 4.69) is 247 Å². The molecular weight excluding hydrogens is 830 g/mol. The van der Waals surface area contributed by atoms with Gasteiger partial charge in [0.05, 0.1) is 11.4 Å². The summed E-state index contributed by atoms with van der Waals surface area (Å²) in [6, 6.07) is 79.5. The molecule has 0 fully saturated rings. The van der Waals surface area contributed by atoms with Gasteiger partial charge in [-0.2, -0.15) is 0 Å². The number of benzene rings is 10. The fraction of sp³-hybridized carbons (Fsp3) is 0.0645. The van der Waals surface area contributed by atoms with E-state index in [0.717, 1.165) is 17.1 Å². The van der Waals surface area contributed by atoms with Crippen molar-refractivity contribution in [2.75, 3.05) is 9.80 Å². The molecule has 10 aromatic carbocycles. The van der Waals surface area contributed by atoms with Crippen molar-refractivity contribution in [3.05, 3.63) is 218 Å². The van der Waals surface area contributed by atoms with E-state index >= 15 is 0 Å². The zero-order valence-electron chi connectivity index (χ0n) is 37.5. The highest BCUT2D eigenvalue weighted by Crippen LogP contribution is 2.53. The minimum atomic E-state index is -0.141. The van der Waals surface area contributed by atoms with Gasteiger partial charge in [-0.05, 0) is 123 Å². The van der Waals surface area contributed by atoms with Crippen molar-refractivity contribution >= 4 is 116 Å². The van der Waals surface area contributed by atoms with Gasteiger partial charge in [0.15, 0.2) is 0 Å². The molecule has 0 saturated heterocycles. The highest BCUT2D eigenvalue weighted by atomic mass is 32.1. The predicted molar refractivity (Wildman–Crippen MR) is 289 cm³/mol. The molecule has 0 radical (unpaired) electrons.